The van der Waals surface area contributed by atoms with Crippen molar-refractivity contribution in [3.05, 3.63) is 40.7 Å². The maximum atomic E-state index is 3.97. The van der Waals surface area contributed by atoms with Crippen molar-refractivity contribution in [2.24, 2.45) is 0 Å². The van der Waals surface area contributed by atoms with Crippen LogP contribution in [0.1, 0.15) is 5.56 Å². The second-order valence-corrected chi connectivity index (χ2v) is 24.2. The molecule has 1 nitrogen and oxygen atoms in total. The molecule has 118 valence electrons. The molecule has 0 bridgehead atoms. The van der Waals surface area contributed by atoms with Gasteiger partial charge < -0.3 is 4.98 Å². The third-order valence-electron chi connectivity index (χ3n) is 3.31. The summed E-state index contributed by atoms with van der Waals surface area (Å²) in [6.07, 6.45) is 0. The fraction of sp³-hybridized carbons (Fsp3) is 0.529. The summed E-state index contributed by atoms with van der Waals surface area (Å²) in [5, 5.41) is 0. The molecule has 0 aliphatic rings. The van der Waals surface area contributed by atoms with Crippen LogP contribution in [0.25, 0.3) is 5.70 Å². The minimum absolute atomic E-state index is 1.37. The Morgan fingerprint density at radius 3 is 1.48 bits per heavy atom. The Labute approximate surface area is 135 Å². The summed E-state index contributed by atoms with van der Waals surface area (Å²) in [6.45, 7) is 22.1. The molecule has 0 radical (unpaired) electrons. The van der Waals surface area contributed by atoms with Crippen molar-refractivity contribution in [1.82, 2.24) is 4.98 Å². The van der Waals surface area contributed by atoms with Crippen molar-refractivity contribution in [2.75, 3.05) is 0 Å². The van der Waals surface area contributed by atoms with Crippen molar-refractivity contribution < 1.29 is 0 Å². The van der Waals surface area contributed by atoms with Crippen LogP contribution in [0, 0.1) is 0 Å². The van der Waals surface area contributed by atoms with Crippen LogP contribution in [-0.4, -0.2) is 24.4 Å². The zero-order valence-corrected chi connectivity index (χ0v) is 18.4. The highest BCUT2D eigenvalue weighted by atomic mass is 28.4. The maximum absolute atomic E-state index is 3.97. The van der Waals surface area contributed by atoms with Gasteiger partial charge in [0.15, 0.2) is 0 Å². The molecule has 1 rings (SSSR count). The fourth-order valence-corrected chi connectivity index (χ4v) is 15.3. The molecule has 21 heavy (non-hydrogen) atoms. The molecule has 4 heteroatoms. The topological polar surface area (TPSA) is 12.0 Å². The maximum Gasteiger partial charge on any atom is 0.144 e. The van der Waals surface area contributed by atoms with Gasteiger partial charge in [0.25, 0.3) is 0 Å². The van der Waals surface area contributed by atoms with Crippen LogP contribution in [0.2, 0.25) is 58.9 Å². The van der Waals surface area contributed by atoms with Crippen molar-refractivity contribution in [3.63, 3.8) is 0 Å². The van der Waals surface area contributed by atoms with Gasteiger partial charge in [0.05, 0.1) is 16.1 Å². The lowest BCUT2D eigenvalue weighted by Gasteiger charge is -2.37. The predicted octanol–water partition coefficient (Wildman–Crippen LogP) is 5.58. The number of hydrogen-bond acceptors (Lipinski definition) is 1. The highest BCUT2D eigenvalue weighted by Gasteiger charge is 2.35. The second kappa shape index (κ2) is 6.26. The summed E-state index contributed by atoms with van der Waals surface area (Å²) in [6, 6.07) is 11.0. The Morgan fingerprint density at radius 1 is 0.714 bits per heavy atom. The largest absolute Gasteiger partial charge is 0.411 e. The molecule has 0 amide bonds. The molecule has 1 N–H and O–H groups in total. The molecule has 0 aromatic heterocycles. The van der Waals surface area contributed by atoms with Gasteiger partial charge >= 0.3 is 0 Å². The molecule has 1 aromatic rings. The minimum Gasteiger partial charge on any atom is -0.411 e. The third kappa shape index (κ3) is 5.60. The summed E-state index contributed by atoms with van der Waals surface area (Å²) in [7, 11) is -4.12. The fourth-order valence-electron chi connectivity index (χ4n) is 3.13. The highest BCUT2D eigenvalue weighted by Crippen LogP contribution is 2.32. The molecule has 0 aliphatic carbocycles. The number of nitrogens with one attached hydrogen (secondary N) is 1. The number of hydrogen-bond donors (Lipinski definition) is 1. The van der Waals surface area contributed by atoms with E-state index in [4.69, 9.17) is 0 Å². The van der Waals surface area contributed by atoms with E-state index in [2.05, 4.69) is 94.2 Å². The normalized spacial score (nSPS) is 13.0. The van der Waals surface area contributed by atoms with Crippen LogP contribution in [0.15, 0.2) is 35.2 Å². The van der Waals surface area contributed by atoms with E-state index < -0.39 is 24.4 Å². The number of benzene rings is 1. The Hall–Kier alpha value is -0.589. The molecule has 0 spiro atoms. The molecule has 0 unspecified atom stereocenters. The predicted molar refractivity (Wildman–Crippen MR) is 107 cm³/mol. The molecule has 0 saturated heterocycles. The first-order valence-corrected chi connectivity index (χ1v) is 18.4. The Morgan fingerprint density at radius 2 is 1.14 bits per heavy atom. The second-order valence-electron chi connectivity index (χ2n) is 8.99. The van der Waals surface area contributed by atoms with Crippen molar-refractivity contribution >= 4 is 30.1 Å². The van der Waals surface area contributed by atoms with Gasteiger partial charge in [-0.25, -0.2) is 0 Å². The van der Waals surface area contributed by atoms with Gasteiger partial charge in [-0.3, -0.25) is 0 Å². The average Bonchev–Trinajstić information content (AvgIpc) is 2.23. The van der Waals surface area contributed by atoms with Crippen LogP contribution in [-0.2, 0) is 0 Å². The Bertz CT molecular complexity index is 484. The van der Waals surface area contributed by atoms with Crippen molar-refractivity contribution in [1.29, 1.82) is 0 Å². The molecule has 1 aromatic carbocycles. The van der Waals surface area contributed by atoms with E-state index in [-0.39, 0.29) is 0 Å². The van der Waals surface area contributed by atoms with E-state index in [9.17, 15) is 0 Å². The molecule has 0 aliphatic heterocycles. The summed E-state index contributed by atoms with van der Waals surface area (Å²) in [4.78, 5) is 5.75. The molecule has 0 saturated carbocycles. The quantitative estimate of drug-likeness (QED) is 0.693. The van der Waals surface area contributed by atoms with E-state index in [0.717, 1.165) is 0 Å². The van der Waals surface area contributed by atoms with Gasteiger partial charge in [-0.05, 0) is 5.56 Å². The Balaban J connectivity index is 3.62. The first-order valence-electron chi connectivity index (χ1n) is 7.91. The van der Waals surface area contributed by atoms with E-state index in [1.807, 2.05) is 0 Å². The summed E-state index contributed by atoms with van der Waals surface area (Å²) >= 11 is 0. The summed E-state index contributed by atoms with van der Waals surface area (Å²) < 4.78 is 0. The Kier molecular flexibility index (Phi) is 5.51. The molecular formula is C17H33NSi3. The third-order valence-corrected chi connectivity index (χ3v) is 12.3. The van der Waals surface area contributed by atoms with E-state index in [0.29, 0.717) is 0 Å². The molecule has 0 heterocycles. The minimum atomic E-state index is -1.39. The van der Waals surface area contributed by atoms with Gasteiger partial charge in [0.2, 0.25) is 0 Å². The number of rotatable bonds is 5. The van der Waals surface area contributed by atoms with E-state index in [1.54, 1.807) is 4.82 Å². The van der Waals surface area contributed by atoms with Crippen molar-refractivity contribution in [3.8, 4) is 0 Å². The van der Waals surface area contributed by atoms with Crippen molar-refractivity contribution in [2.45, 2.75) is 58.9 Å². The van der Waals surface area contributed by atoms with Gasteiger partial charge in [0, 0.05) is 5.70 Å². The van der Waals surface area contributed by atoms with Crippen LogP contribution in [0.4, 0.5) is 0 Å². The standard InChI is InChI=1S/C17H33NSi3/c1-19(2,3)17(20(4,5)6)16(18-21(7,8)9)15-13-11-10-12-14-15/h10-14,18H,1-9H3. The zero-order valence-electron chi connectivity index (χ0n) is 15.4. The molecular weight excluding hydrogens is 302 g/mol. The lowest BCUT2D eigenvalue weighted by molar-refractivity contribution is 1.26. The van der Waals surface area contributed by atoms with Crippen LogP contribution in [0.5, 0.6) is 0 Å². The summed E-state index contributed by atoms with van der Waals surface area (Å²) in [5.74, 6) is 0. The van der Waals surface area contributed by atoms with Gasteiger partial charge in [-0.1, -0.05) is 94.1 Å². The van der Waals surface area contributed by atoms with Crippen LogP contribution < -0.4 is 4.98 Å². The highest BCUT2D eigenvalue weighted by molar-refractivity contribution is 7.05. The van der Waals surface area contributed by atoms with E-state index >= 15 is 0 Å². The first kappa shape index (κ1) is 18.5. The van der Waals surface area contributed by atoms with Gasteiger partial charge in [0.1, 0.15) is 8.24 Å². The molecule has 0 fully saturated rings. The zero-order chi connectivity index (χ0) is 16.5. The average molecular weight is 336 g/mol. The lowest BCUT2D eigenvalue weighted by atomic mass is 10.2. The van der Waals surface area contributed by atoms with E-state index in [1.165, 1.54) is 11.3 Å². The lowest BCUT2D eigenvalue weighted by Crippen LogP contribution is -2.47. The SMILES string of the molecule is C[Si](C)(C)NC(=C([Si](C)(C)C)[Si](C)(C)C)c1ccccc1. The smallest absolute Gasteiger partial charge is 0.144 e. The van der Waals surface area contributed by atoms with Crippen LogP contribution in [0.3, 0.4) is 0 Å². The van der Waals surface area contributed by atoms with Gasteiger partial charge in [-0.2, -0.15) is 0 Å². The monoisotopic (exact) mass is 335 g/mol. The van der Waals surface area contributed by atoms with Gasteiger partial charge in [-0.15, -0.1) is 0 Å². The van der Waals surface area contributed by atoms with Crippen LogP contribution >= 0.6 is 0 Å². The molecule has 0 atom stereocenters. The first-order chi connectivity index (χ1) is 9.32. The summed E-state index contributed by atoms with van der Waals surface area (Å²) in [5.41, 5.74) is 2.84.